The van der Waals surface area contributed by atoms with Gasteiger partial charge in [0, 0.05) is 16.9 Å². The Labute approximate surface area is 105 Å². The van der Waals surface area contributed by atoms with E-state index >= 15 is 0 Å². The predicted octanol–water partition coefficient (Wildman–Crippen LogP) is 1.77. The van der Waals surface area contributed by atoms with Gasteiger partial charge in [0.05, 0.1) is 0 Å². The Morgan fingerprint density at radius 3 is 1.83 bits per heavy atom. The van der Waals surface area contributed by atoms with E-state index in [9.17, 15) is 9.90 Å². The monoisotopic (exact) mass is 242 g/mol. The Kier molecular flexibility index (Phi) is 3.30. The van der Waals surface area contributed by atoms with Crippen LogP contribution in [-0.2, 0) is 0 Å². The van der Waals surface area contributed by atoms with E-state index in [1.54, 1.807) is 48.5 Å². The number of nitrogens with two attached hydrogens (primary N) is 2. The van der Waals surface area contributed by atoms with Gasteiger partial charge in [0.25, 0.3) is 0 Å². The van der Waals surface area contributed by atoms with Crippen molar-refractivity contribution < 1.29 is 9.90 Å². The third-order valence-corrected chi connectivity index (χ3v) is 2.70. The average Bonchev–Trinajstić information content (AvgIpc) is 2.39. The number of anilines is 2. The number of aliphatic hydroxyl groups is 1. The second-order valence-electron chi connectivity index (χ2n) is 4.06. The summed E-state index contributed by atoms with van der Waals surface area (Å²) in [5, 5.41) is 9.98. The molecule has 0 unspecified atom stereocenters. The van der Waals surface area contributed by atoms with Gasteiger partial charge in [0.2, 0.25) is 0 Å². The second-order valence-corrected chi connectivity index (χ2v) is 4.06. The van der Waals surface area contributed by atoms with Gasteiger partial charge in [-0.1, -0.05) is 12.1 Å². The topological polar surface area (TPSA) is 89.3 Å². The van der Waals surface area contributed by atoms with Crippen molar-refractivity contribution in [1.82, 2.24) is 0 Å². The van der Waals surface area contributed by atoms with E-state index in [4.69, 9.17) is 11.5 Å². The van der Waals surface area contributed by atoms with Gasteiger partial charge in [-0.3, -0.25) is 4.79 Å². The van der Waals surface area contributed by atoms with Crippen LogP contribution in [0.3, 0.4) is 0 Å². The highest BCUT2D eigenvalue weighted by atomic mass is 16.3. The average molecular weight is 242 g/mol. The lowest BCUT2D eigenvalue weighted by atomic mass is 10.00. The Morgan fingerprint density at radius 1 is 0.889 bits per heavy atom. The molecule has 0 heterocycles. The highest BCUT2D eigenvalue weighted by Gasteiger charge is 2.18. The first-order chi connectivity index (χ1) is 8.58. The standard InChI is InChI=1S/C14H14N2O2/c15-11-5-1-9(2-6-11)13(17)14(18)10-3-7-12(16)8-4-10/h1-8,13,17H,15-16H2/t13-/m1/s1. The van der Waals surface area contributed by atoms with Gasteiger partial charge in [0.15, 0.2) is 5.78 Å². The number of carbonyl (C=O) groups is 1. The SMILES string of the molecule is Nc1ccc(C(=O)[C@H](O)c2ccc(N)cc2)cc1. The molecule has 0 aromatic heterocycles. The number of hydrogen-bond donors (Lipinski definition) is 3. The molecule has 18 heavy (non-hydrogen) atoms. The number of hydrogen-bond acceptors (Lipinski definition) is 4. The summed E-state index contributed by atoms with van der Waals surface area (Å²) in [6.45, 7) is 0. The minimum atomic E-state index is -1.19. The van der Waals surface area contributed by atoms with Crippen LogP contribution >= 0.6 is 0 Å². The molecule has 0 aliphatic carbocycles. The molecule has 5 N–H and O–H groups in total. The molecule has 0 saturated heterocycles. The van der Waals surface area contributed by atoms with Crippen LogP contribution in [-0.4, -0.2) is 10.9 Å². The summed E-state index contributed by atoms with van der Waals surface area (Å²) in [4.78, 5) is 12.0. The molecule has 0 aliphatic rings. The Hall–Kier alpha value is -2.33. The maximum absolute atomic E-state index is 12.0. The molecule has 0 saturated carbocycles. The number of aliphatic hydroxyl groups excluding tert-OH is 1. The zero-order chi connectivity index (χ0) is 13.1. The van der Waals surface area contributed by atoms with Crippen molar-refractivity contribution in [1.29, 1.82) is 0 Å². The molecule has 0 radical (unpaired) electrons. The highest BCUT2D eigenvalue weighted by Crippen LogP contribution is 2.20. The van der Waals surface area contributed by atoms with Crippen molar-refractivity contribution in [3.8, 4) is 0 Å². The lowest BCUT2D eigenvalue weighted by molar-refractivity contribution is 0.0747. The van der Waals surface area contributed by atoms with Crippen LogP contribution in [0.4, 0.5) is 11.4 Å². The molecule has 92 valence electrons. The van der Waals surface area contributed by atoms with Crippen molar-refractivity contribution in [2.24, 2.45) is 0 Å². The van der Waals surface area contributed by atoms with E-state index in [1.807, 2.05) is 0 Å². The molecule has 0 spiro atoms. The second kappa shape index (κ2) is 4.89. The number of Topliss-reactive ketones (excluding diaryl/α,β-unsaturated/α-hetero) is 1. The van der Waals surface area contributed by atoms with Crippen molar-refractivity contribution in [3.05, 3.63) is 59.7 Å². The lowest BCUT2D eigenvalue weighted by Gasteiger charge is -2.10. The smallest absolute Gasteiger partial charge is 0.195 e. The van der Waals surface area contributed by atoms with Gasteiger partial charge in [-0.15, -0.1) is 0 Å². The number of carbonyl (C=O) groups excluding carboxylic acids is 1. The van der Waals surface area contributed by atoms with Crippen molar-refractivity contribution >= 4 is 17.2 Å². The summed E-state index contributed by atoms with van der Waals surface area (Å²) in [5.74, 6) is -0.361. The number of ketones is 1. The van der Waals surface area contributed by atoms with E-state index in [0.29, 0.717) is 22.5 Å². The molecule has 2 aromatic rings. The van der Waals surface area contributed by atoms with E-state index < -0.39 is 6.10 Å². The quantitative estimate of drug-likeness (QED) is 0.565. The van der Waals surface area contributed by atoms with Gasteiger partial charge in [-0.25, -0.2) is 0 Å². The van der Waals surface area contributed by atoms with Crippen LogP contribution in [0, 0.1) is 0 Å². The minimum Gasteiger partial charge on any atom is -0.399 e. The minimum absolute atomic E-state index is 0.361. The maximum atomic E-state index is 12.0. The largest absolute Gasteiger partial charge is 0.399 e. The fraction of sp³-hybridized carbons (Fsp3) is 0.0714. The molecular formula is C14H14N2O2. The molecule has 4 nitrogen and oxygen atoms in total. The van der Waals surface area contributed by atoms with Crippen molar-refractivity contribution in [2.45, 2.75) is 6.10 Å². The first-order valence-corrected chi connectivity index (χ1v) is 5.51. The summed E-state index contributed by atoms with van der Waals surface area (Å²) >= 11 is 0. The summed E-state index contributed by atoms with van der Waals surface area (Å²) < 4.78 is 0. The van der Waals surface area contributed by atoms with E-state index in [2.05, 4.69) is 0 Å². The molecule has 2 rings (SSSR count). The molecule has 2 aromatic carbocycles. The zero-order valence-corrected chi connectivity index (χ0v) is 9.71. The normalized spacial score (nSPS) is 12.1. The van der Waals surface area contributed by atoms with Crippen LogP contribution < -0.4 is 11.5 Å². The summed E-state index contributed by atoms with van der Waals surface area (Å²) in [6, 6.07) is 13.0. The lowest BCUT2D eigenvalue weighted by Crippen LogP contribution is -2.12. The molecule has 0 bridgehead atoms. The Morgan fingerprint density at radius 2 is 1.33 bits per heavy atom. The van der Waals surface area contributed by atoms with Crippen molar-refractivity contribution in [2.75, 3.05) is 11.5 Å². The van der Waals surface area contributed by atoms with Crippen LogP contribution in [0.1, 0.15) is 22.0 Å². The molecule has 0 amide bonds. The van der Waals surface area contributed by atoms with Crippen LogP contribution in [0.25, 0.3) is 0 Å². The van der Waals surface area contributed by atoms with E-state index in [0.717, 1.165) is 0 Å². The fourth-order valence-corrected chi connectivity index (χ4v) is 1.63. The number of rotatable bonds is 3. The summed E-state index contributed by atoms with van der Waals surface area (Å²) in [5.41, 5.74) is 13.2. The van der Waals surface area contributed by atoms with Gasteiger partial charge in [0.1, 0.15) is 6.10 Å². The molecule has 4 heteroatoms. The first-order valence-electron chi connectivity index (χ1n) is 5.51. The third kappa shape index (κ3) is 2.49. The summed E-state index contributed by atoms with van der Waals surface area (Å²) in [6.07, 6.45) is -1.19. The fourth-order valence-electron chi connectivity index (χ4n) is 1.63. The van der Waals surface area contributed by atoms with Crippen LogP contribution in [0.2, 0.25) is 0 Å². The maximum Gasteiger partial charge on any atom is 0.195 e. The third-order valence-electron chi connectivity index (χ3n) is 2.70. The number of benzene rings is 2. The van der Waals surface area contributed by atoms with E-state index in [1.165, 1.54) is 0 Å². The first kappa shape index (κ1) is 12.1. The number of nitrogen functional groups attached to an aromatic ring is 2. The molecule has 1 atom stereocenters. The van der Waals surface area contributed by atoms with Gasteiger partial charge in [-0.2, -0.15) is 0 Å². The molecule has 0 fully saturated rings. The van der Waals surface area contributed by atoms with Crippen LogP contribution in [0.15, 0.2) is 48.5 Å². The predicted molar refractivity (Wildman–Crippen MR) is 71.0 cm³/mol. The van der Waals surface area contributed by atoms with Crippen LogP contribution in [0.5, 0.6) is 0 Å². The zero-order valence-electron chi connectivity index (χ0n) is 9.71. The molecular weight excluding hydrogens is 228 g/mol. The molecule has 0 aliphatic heterocycles. The van der Waals surface area contributed by atoms with Crippen molar-refractivity contribution in [3.63, 3.8) is 0 Å². The van der Waals surface area contributed by atoms with E-state index in [-0.39, 0.29) is 5.78 Å². The highest BCUT2D eigenvalue weighted by molar-refractivity contribution is 6.00. The van der Waals surface area contributed by atoms with Gasteiger partial charge in [-0.05, 0) is 42.0 Å². The van der Waals surface area contributed by atoms with Gasteiger partial charge >= 0.3 is 0 Å². The Bertz CT molecular complexity index is 547. The Balaban J connectivity index is 2.23. The summed E-state index contributed by atoms with van der Waals surface area (Å²) in [7, 11) is 0. The van der Waals surface area contributed by atoms with Gasteiger partial charge < -0.3 is 16.6 Å².